The molecule has 1 saturated heterocycles. The Morgan fingerprint density at radius 3 is 2.16 bits per heavy atom. The number of alkyl halides is 3. The van der Waals surface area contributed by atoms with Crippen molar-refractivity contribution in [3.8, 4) is 0 Å². The number of nitrogens with one attached hydrogen (secondary N) is 1. The van der Waals surface area contributed by atoms with Gasteiger partial charge in [0, 0.05) is 11.8 Å². The molecule has 0 saturated carbocycles. The topological polar surface area (TPSA) is 136 Å². The molecule has 1 heterocycles. The summed E-state index contributed by atoms with van der Waals surface area (Å²) in [6, 6.07) is 17.4. The number of benzene rings is 2. The number of halogens is 3. The minimum Gasteiger partial charge on any atom is -0.457 e. The molecule has 1 aliphatic heterocycles. The summed E-state index contributed by atoms with van der Waals surface area (Å²) < 4.78 is 26.8. The molecule has 0 aliphatic carbocycles. The van der Waals surface area contributed by atoms with Crippen LogP contribution in [0.25, 0.3) is 10.4 Å². The fourth-order valence-electron chi connectivity index (χ4n) is 3.65. The normalized spacial score (nSPS) is 23.5. The van der Waals surface area contributed by atoms with Crippen LogP contribution in [-0.4, -0.2) is 52.9 Å². The van der Waals surface area contributed by atoms with E-state index in [0.717, 1.165) is 11.1 Å². The van der Waals surface area contributed by atoms with E-state index < -0.39 is 46.3 Å². The van der Waals surface area contributed by atoms with Crippen molar-refractivity contribution >= 4 is 46.7 Å². The number of hydrogen-bond donors (Lipinski definition) is 1. The van der Waals surface area contributed by atoms with Crippen LogP contribution < -0.4 is 0 Å². The fraction of sp³-hybridized carbons (Fsp3) is 0.417. The summed E-state index contributed by atoms with van der Waals surface area (Å²) in [6.45, 7) is 1.52. The molecule has 0 spiro atoms. The minimum atomic E-state index is -2.20. The minimum absolute atomic E-state index is 0.0536. The van der Waals surface area contributed by atoms with E-state index in [-0.39, 0.29) is 19.8 Å². The molecule has 13 heteroatoms. The zero-order valence-corrected chi connectivity index (χ0v) is 22.0. The van der Waals surface area contributed by atoms with Gasteiger partial charge in [0.2, 0.25) is 12.2 Å². The molecule has 0 amide bonds. The van der Waals surface area contributed by atoms with Crippen LogP contribution in [0.15, 0.2) is 65.8 Å². The van der Waals surface area contributed by atoms with Gasteiger partial charge < -0.3 is 23.7 Å². The Balaban J connectivity index is 1.89. The number of carbonyl (C=O) groups excluding carboxylic acids is 1. The zero-order chi connectivity index (χ0) is 26.8. The Kier molecular flexibility index (Phi) is 10.8. The van der Waals surface area contributed by atoms with Crippen LogP contribution in [-0.2, 0) is 41.7 Å². The quantitative estimate of drug-likeness (QED) is 0.0762. The highest BCUT2D eigenvalue weighted by molar-refractivity contribution is 6.76. The Morgan fingerprint density at radius 1 is 1.03 bits per heavy atom. The van der Waals surface area contributed by atoms with E-state index in [0.29, 0.717) is 0 Å². The van der Waals surface area contributed by atoms with Gasteiger partial charge in [-0.15, -0.1) is 0 Å². The van der Waals surface area contributed by atoms with Crippen molar-refractivity contribution in [3.63, 3.8) is 0 Å². The van der Waals surface area contributed by atoms with Gasteiger partial charge in [-0.1, -0.05) is 101 Å². The van der Waals surface area contributed by atoms with Crippen LogP contribution in [0.2, 0.25) is 0 Å². The monoisotopic (exact) mass is 570 g/mol. The van der Waals surface area contributed by atoms with Gasteiger partial charge in [-0.05, 0) is 16.7 Å². The first-order valence-electron chi connectivity index (χ1n) is 11.2. The van der Waals surface area contributed by atoms with Crippen molar-refractivity contribution in [2.45, 2.75) is 54.6 Å². The molecule has 2 aromatic carbocycles. The third-order valence-corrected chi connectivity index (χ3v) is 5.79. The molecule has 5 atom stereocenters. The van der Waals surface area contributed by atoms with E-state index in [1.54, 1.807) is 0 Å². The largest absolute Gasteiger partial charge is 0.457 e. The van der Waals surface area contributed by atoms with Gasteiger partial charge in [-0.3, -0.25) is 10.2 Å². The molecular formula is C24H25Cl3N4O6. The van der Waals surface area contributed by atoms with Gasteiger partial charge >= 0.3 is 5.97 Å². The van der Waals surface area contributed by atoms with Crippen molar-refractivity contribution in [2.24, 2.45) is 5.11 Å². The standard InChI is InChI=1S/C24H25Cl3N4O6/c1-15(32)35-20-18(14-33-12-16-8-4-2-5-9-16)36-22(37-23(28)24(25,26)27)19(30-31-29)21(20)34-13-17-10-6-3-7-11-17/h2-11,18-22,28H,12-14H2,1H3/t18-,19+,20-,21-,22-/m1/s1. The second-order valence-electron chi connectivity index (χ2n) is 8.02. The first-order chi connectivity index (χ1) is 17.7. The maximum atomic E-state index is 12.0. The number of carbonyl (C=O) groups is 1. The summed E-state index contributed by atoms with van der Waals surface area (Å²) in [5.41, 5.74) is 11.0. The molecule has 0 unspecified atom stereocenters. The van der Waals surface area contributed by atoms with E-state index >= 15 is 0 Å². The first-order valence-corrected chi connectivity index (χ1v) is 12.3. The third kappa shape index (κ3) is 8.76. The molecule has 198 valence electrons. The first kappa shape index (κ1) is 29.0. The van der Waals surface area contributed by atoms with E-state index in [2.05, 4.69) is 10.0 Å². The molecule has 37 heavy (non-hydrogen) atoms. The summed E-state index contributed by atoms with van der Waals surface area (Å²) in [5, 5.41) is 11.8. The number of azide groups is 1. The molecule has 3 rings (SSSR count). The zero-order valence-electron chi connectivity index (χ0n) is 19.7. The summed E-state index contributed by atoms with van der Waals surface area (Å²) in [5.74, 6) is -1.36. The lowest BCUT2D eigenvalue weighted by Crippen LogP contribution is -2.61. The molecule has 1 N–H and O–H groups in total. The van der Waals surface area contributed by atoms with Gasteiger partial charge in [0.15, 0.2) is 6.10 Å². The van der Waals surface area contributed by atoms with Crippen molar-refractivity contribution in [1.29, 1.82) is 5.41 Å². The Labute approximate surface area is 228 Å². The molecule has 10 nitrogen and oxygen atoms in total. The Morgan fingerprint density at radius 2 is 1.62 bits per heavy atom. The van der Waals surface area contributed by atoms with Crippen LogP contribution in [0.1, 0.15) is 18.1 Å². The third-order valence-electron chi connectivity index (χ3n) is 5.27. The lowest BCUT2D eigenvalue weighted by Gasteiger charge is -2.44. The smallest absolute Gasteiger partial charge is 0.303 e. The number of nitrogens with zero attached hydrogens (tertiary/aromatic N) is 3. The van der Waals surface area contributed by atoms with Crippen molar-refractivity contribution in [1.82, 2.24) is 0 Å². The van der Waals surface area contributed by atoms with Gasteiger partial charge in [0.05, 0.1) is 19.8 Å². The highest BCUT2D eigenvalue weighted by Gasteiger charge is 2.50. The molecule has 1 aliphatic rings. The van der Waals surface area contributed by atoms with E-state index in [1.807, 2.05) is 60.7 Å². The average Bonchev–Trinajstić information content (AvgIpc) is 2.86. The van der Waals surface area contributed by atoms with Crippen LogP contribution >= 0.6 is 34.8 Å². The Bertz CT molecular complexity index is 1080. The number of ether oxygens (including phenoxy) is 5. The van der Waals surface area contributed by atoms with Crippen LogP contribution in [0.4, 0.5) is 0 Å². The van der Waals surface area contributed by atoms with E-state index in [1.165, 1.54) is 6.92 Å². The van der Waals surface area contributed by atoms with Crippen molar-refractivity contribution < 1.29 is 28.5 Å². The van der Waals surface area contributed by atoms with E-state index in [4.69, 9.17) is 63.9 Å². The SMILES string of the molecule is CC(=O)O[C@H]1[C@H](OCc2ccccc2)[C@H](N=[N+]=[N-])[C@@H](OC(=N)C(Cl)(Cl)Cl)O[C@@H]1COCc1ccccc1. The second kappa shape index (κ2) is 13.8. The lowest BCUT2D eigenvalue weighted by molar-refractivity contribution is -0.263. The Hall–Kier alpha value is -2.56. The lowest BCUT2D eigenvalue weighted by atomic mass is 9.96. The molecule has 2 aromatic rings. The summed E-state index contributed by atoms with van der Waals surface area (Å²) in [6.07, 6.45) is -4.44. The molecular weight excluding hydrogens is 547 g/mol. The maximum Gasteiger partial charge on any atom is 0.303 e. The predicted molar refractivity (Wildman–Crippen MR) is 137 cm³/mol. The number of hydrogen-bond acceptors (Lipinski definition) is 8. The van der Waals surface area contributed by atoms with Crippen LogP contribution in [0.3, 0.4) is 0 Å². The summed E-state index contributed by atoms with van der Waals surface area (Å²) >= 11 is 17.4. The second-order valence-corrected chi connectivity index (χ2v) is 10.3. The van der Waals surface area contributed by atoms with Crippen molar-refractivity contribution in [3.05, 3.63) is 82.2 Å². The van der Waals surface area contributed by atoms with Crippen molar-refractivity contribution in [2.75, 3.05) is 6.61 Å². The van der Waals surface area contributed by atoms with Gasteiger partial charge in [0.25, 0.3) is 3.79 Å². The predicted octanol–water partition coefficient (Wildman–Crippen LogP) is 5.49. The molecule has 0 radical (unpaired) electrons. The van der Waals surface area contributed by atoms with Gasteiger partial charge in [-0.25, -0.2) is 0 Å². The number of rotatable bonds is 10. The molecule has 0 bridgehead atoms. The number of esters is 1. The highest BCUT2D eigenvalue weighted by Crippen LogP contribution is 2.34. The summed E-state index contributed by atoms with van der Waals surface area (Å²) in [7, 11) is 0. The molecule has 1 fully saturated rings. The van der Waals surface area contributed by atoms with Gasteiger partial charge in [0.1, 0.15) is 18.2 Å². The highest BCUT2D eigenvalue weighted by atomic mass is 35.6. The fourth-order valence-corrected chi connectivity index (χ4v) is 3.78. The molecule has 0 aromatic heterocycles. The average molecular weight is 572 g/mol. The van der Waals surface area contributed by atoms with Gasteiger partial charge in [-0.2, -0.15) is 0 Å². The maximum absolute atomic E-state index is 12.0. The van der Waals surface area contributed by atoms with Crippen LogP contribution in [0.5, 0.6) is 0 Å². The van der Waals surface area contributed by atoms with Crippen LogP contribution in [0, 0.1) is 5.41 Å². The summed E-state index contributed by atoms with van der Waals surface area (Å²) in [4.78, 5) is 14.9. The van der Waals surface area contributed by atoms with E-state index in [9.17, 15) is 10.3 Å².